The highest BCUT2D eigenvalue weighted by Gasteiger charge is 2.21. The second-order valence-corrected chi connectivity index (χ2v) is 8.93. The minimum atomic E-state index is -4.02. The molecule has 9 nitrogen and oxygen atoms in total. The fourth-order valence-corrected chi connectivity index (χ4v) is 4.37. The number of amides is 1. The van der Waals surface area contributed by atoms with Crippen LogP contribution < -0.4 is 10.0 Å². The second kappa shape index (κ2) is 9.01. The smallest absolute Gasteiger partial charge is 0.338 e. The number of nitrogens with zero attached hydrogens (tertiary/aromatic N) is 2. The van der Waals surface area contributed by atoms with Gasteiger partial charge in [-0.05, 0) is 50.2 Å². The maximum atomic E-state index is 12.5. The number of anilines is 2. The van der Waals surface area contributed by atoms with Crippen LogP contribution in [0.1, 0.15) is 33.2 Å². The number of ether oxygens (including phenoxy) is 1. The molecule has 3 aromatic rings. The number of sulfonamides is 1. The Balaban J connectivity index is 1.69. The van der Waals surface area contributed by atoms with Crippen LogP contribution in [0.15, 0.2) is 52.9 Å². The van der Waals surface area contributed by atoms with E-state index in [9.17, 15) is 18.0 Å². The Hall–Kier alpha value is -3.31. The molecule has 0 radical (unpaired) electrons. The minimum Gasteiger partial charge on any atom is -0.462 e. The van der Waals surface area contributed by atoms with Crippen LogP contribution in [-0.2, 0) is 14.8 Å². The fourth-order valence-electron chi connectivity index (χ4n) is 2.41. The number of carbonyl (C=O) groups excluding carboxylic acids is 2. The van der Waals surface area contributed by atoms with Gasteiger partial charge in [-0.3, -0.25) is 14.8 Å². The van der Waals surface area contributed by atoms with Crippen molar-refractivity contribution in [3.8, 4) is 0 Å². The van der Waals surface area contributed by atoms with Crippen molar-refractivity contribution in [3.05, 3.63) is 65.2 Å². The predicted molar refractivity (Wildman–Crippen MR) is 112 cm³/mol. The van der Waals surface area contributed by atoms with Crippen LogP contribution in [-0.4, -0.2) is 37.1 Å². The average Bonchev–Trinajstić information content (AvgIpc) is 3.18. The maximum absolute atomic E-state index is 12.5. The van der Waals surface area contributed by atoms with Crippen molar-refractivity contribution < 1.29 is 22.7 Å². The SMILES string of the molecule is CCOC(=O)c1ccc(NS(=O)(=O)c2nnc(NC(=O)c3cccc(C)c3)s2)cc1. The molecule has 0 bridgehead atoms. The topological polar surface area (TPSA) is 127 Å². The first-order valence-electron chi connectivity index (χ1n) is 8.80. The quantitative estimate of drug-likeness (QED) is 0.422. The molecule has 1 heterocycles. The largest absolute Gasteiger partial charge is 0.462 e. The molecule has 3 rings (SSSR count). The second-order valence-electron chi connectivity index (χ2n) is 6.10. The van der Waals surface area contributed by atoms with Crippen LogP contribution >= 0.6 is 11.3 Å². The third-order valence-corrected chi connectivity index (χ3v) is 6.37. The summed E-state index contributed by atoms with van der Waals surface area (Å²) >= 11 is 0.722. The molecule has 0 aliphatic heterocycles. The number of esters is 1. The Bertz CT molecular complexity index is 1170. The van der Waals surface area contributed by atoms with Gasteiger partial charge in [0.1, 0.15) is 0 Å². The first-order valence-corrected chi connectivity index (χ1v) is 11.1. The van der Waals surface area contributed by atoms with Crippen molar-refractivity contribution in [2.24, 2.45) is 0 Å². The van der Waals surface area contributed by atoms with Gasteiger partial charge in [0.05, 0.1) is 12.2 Å². The molecule has 2 aromatic carbocycles. The molecule has 0 unspecified atom stereocenters. The molecule has 0 saturated carbocycles. The summed E-state index contributed by atoms with van der Waals surface area (Å²) in [6, 6.07) is 12.7. The van der Waals surface area contributed by atoms with Gasteiger partial charge in [0.15, 0.2) is 0 Å². The van der Waals surface area contributed by atoms with E-state index in [4.69, 9.17) is 4.74 Å². The van der Waals surface area contributed by atoms with Gasteiger partial charge in [-0.25, -0.2) is 4.79 Å². The molecule has 2 N–H and O–H groups in total. The van der Waals surface area contributed by atoms with Crippen LogP contribution in [0, 0.1) is 6.92 Å². The fraction of sp³-hybridized carbons (Fsp3) is 0.158. The van der Waals surface area contributed by atoms with Crippen LogP contribution in [0.3, 0.4) is 0 Å². The van der Waals surface area contributed by atoms with E-state index in [1.54, 1.807) is 25.1 Å². The Morgan fingerprint density at radius 2 is 1.80 bits per heavy atom. The van der Waals surface area contributed by atoms with Gasteiger partial charge in [0.25, 0.3) is 20.3 Å². The van der Waals surface area contributed by atoms with Gasteiger partial charge in [0, 0.05) is 11.3 Å². The van der Waals surface area contributed by atoms with E-state index in [0.29, 0.717) is 11.1 Å². The lowest BCUT2D eigenvalue weighted by Gasteiger charge is -2.06. The molecule has 0 aliphatic carbocycles. The number of nitrogens with one attached hydrogen (secondary N) is 2. The Morgan fingerprint density at radius 3 is 2.47 bits per heavy atom. The molecular formula is C19H18N4O5S2. The van der Waals surface area contributed by atoms with Crippen LogP contribution in [0.2, 0.25) is 0 Å². The van der Waals surface area contributed by atoms with E-state index >= 15 is 0 Å². The molecule has 30 heavy (non-hydrogen) atoms. The predicted octanol–water partition coefficient (Wildman–Crippen LogP) is 3.08. The van der Waals surface area contributed by atoms with E-state index in [1.807, 2.05) is 13.0 Å². The molecule has 0 aliphatic rings. The molecular weight excluding hydrogens is 428 g/mol. The Kier molecular flexibility index (Phi) is 6.43. The molecule has 0 spiro atoms. The number of rotatable bonds is 7. The highest BCUT2D eigenvalue weighted by molar-refractivity contribution is 7.94. The van der Waals surface area contributed by atoms with Crippen molar-refractivity contribution in [1.82, 2.24) is 10.2 Å². The van der Waals surface area contributed by atoms with E-state index < -0.39 is 21.9 Å². The summed E-state index contributed by atoms with van der Waals surface area (Å²) < 4.78 is 32.0. The van der Waals surface area contributed by atoms with Crippen molar-refractivity contribution in [3.63, 3.8) is 0 Å². The van der Waals surface area contributed by atoms with E-state index in [2.05, 4.69) is 20.2 Å². The van der Waals surface area contributed by atoms with E-state index in [0.717, 1.165) is 16.9 Å². The highest BCUT2D eigenvalue weighted by atomic mass is 32.2. The van der Waals surface area contributed by atoms with Gasteiger partial charge in [-0.1, -0.05) is 29.0 Å². The van der Waals surface area contributed by atoms with Gasteiger partial charge in [0.2, 0.25) is 5.13 Å². The van der Waals surface area contributed by atoms with Crippen LogP contribution in [0.5, 0.6) is 0 Å². The van der Waals surface area contributed by atoms with E-state index in [1.165, 1.54) is 24.3 Å². The van der Waals surface area contributed by atoms with Crippen molar-refractivity contribution in [1.29, 1.82) is 0 Å². The van der Waals surface area contributed by atoms with Gasteiger partial charge in [-0.15, -0.1) is 10.2 Å². The zero-order valence-electron chi connectivity index (χ0n) is 16.1. The molecule has 0 atom stereocenters. The summed E-state index contributed by atoms with van der Waals surface area (Å²) in [6.45, 7) is 3.80. The van der Waals surface area contributed by atoms with Crippen molar-refractivity contribution >= 4 is 44.1 Å². The van der Waals surface area contributed by atoms with Gasteiger partial charge >= 0.3 is 5.97 Å². The number of aryl methyl sites for hydroxylation is 1. The lowest BCUT2D eigenvalue weighted by molar-refractivity contribution is 0.0526. The normalized spacial score (nSPS) is 11.0. The molecule has 1 aromatic heterocycles. The summed E-state index contributed by atoms with van der Waals surface area (Å²) in [5, 5.41) is 9.96. The maximum Gasteiger partial charge on any atom is 0.338 e. The molecule has 0 saturated heterocycles. The zero-order chi connectivity index (χ0) is 21.7. The minimum absolute atomic E-state index is 0.0551. The summed E-state index contributed by atoms with van der Waals surface area (Å²) in [6.07, 6.45) is 0. The van der Waals surface area contributed by atoms with E-state index in [-0.39, 0.29) is 21.8 Å². The average molecular weight is 447 g/mol. The first kappa shape index (κ1) is 21.4. The third-order valence-electron chi connectivity index (χ3n) is 3.79. The number of carbonyl (C=O) groups is 2. The lowest BCUT2D eigenvalue weighted by Crippen LogP contribution is -2.13. The standard InChI is InChI=1S/C19H18N4O5S2/c1-3-28-17(25)13-7-9-15(10-8-13)23-30(26,27)19-22-21-18(29-19)20-16(24)14-6-4-5-12(2)11-14/h4-11,23H,3H2,1-2H3,(H,20,21,24). The van der Waals surface area contributed by atoms with Crippen molar-refractivity contribution in [2.75, 3.05) is 16.6 Å². The molecule has 0 fully saturated rings. The number of benzene rings is 2. The zero-order valence-corrected chi connectivity index (χ0v) is 17.7. The molecule has 1 amide bonds. The molecule has 156 valence electrons. The lowest BCUT2D eigenvalue weighted by atomic mass is 10.1. The van der Waals surface area contributed by atoms with Crippen LogP contribution in [0.4, 0.5) is 10.8 Å². The first-order chi connectivity index (χ1) is 14.3. The highest BCUT2D eigenvalue weighted by Crippen LogP contribution is 2.23. The molecule has 11 heteroatoms. The van der Waals surface area contributed by atoms with Gasteiger partial charge in [-0.2, -0.15) is 8.42 Å². The summed E-state index contributed by atoms with van der Waals surface area (Å²) in [5.41, 5.74) is 1.89. The monoisotopic (exact) mass is 446 g/mol. The van der Waals surface area contributed by atoms with Crippen LogP contribution in [0.25, 0.3) is 0 Å². The van der Waals surface area contributed by atoms with Crippen molar-refractivity contribution in [2.45, 2.75) is 18.2 Å². The Labute approximate surface area is 177 Å². The number of hydrogen-bond donors (Lipinski definition) is 2. The third kappa shape index (κ3) is 5.19. The summed E-state index contributed by atoms with van der Waals surface area (Å²) in [4.78, 5) is 23.9. The summed E-state index contributed by atoms with van der Waals surface area (Å²) in [7, 11) is -4.02. The summed E-state index contributed by atoms with van der Waals surface area (Å²) in [5.74, 6) is -0.911. The number of aromatic nitrogens is 2. The van der Waals surface area contributed by atoms with Gasteiger partial charge < -0.3 is 4.74 Å². The Morgan fingerprint density at radius 1 is 1.07 bits per heavy atom. The number of hydrogen-bond acceptors (Lipinski definition) is 8.